The number of pyridine rings is 2. The second-order valence-electron chi connectivity index (χ2n) is 8.14. The minimum absolute atomic E-state index is 1.11. The van der Waals surface area contributed by atoms with Gasteiger partial charge in [-0.2, -0.15) is 0 Å². The van der Waals surface area contributed by atoms with Crippen LogP contribution in [-0.2, 0) is 0 Å². The lowest BCUT2D eigenvalue weighted by Gasteiger charge is -2.16. The van der Waals surface area contributed by atoms with E-state index in [0.29, 0.717) is 0 Å². The Labute approximate surface area is 167 Å². The molecule has 0 aliphatic carbocycles. The standard InChI is InChI=1S/C27H18N2/c1-15-13-21-20-9-5-6-10-23(20)29-26-16(2)19-8-4-3-7-17(19)14-22(26)25-24(27(21)29)18(15)11-12-28-25/h3-14H,1-2H3. The monoisotopic (exact) mass is 370 g/mol. The van der Waals surface area contributed by atoms with Crippen molar-refractivity contribution in [3.05, 3.63) is 84.1 Å². The van der Waals surface area contributed by atoms with E-state index in [1.807, 2.05) is 6.20 Å². The van der Waals surface area contributed by atoms with Crippen LogP contribution < -0.4 is 0 Å². The smallest absolute Gasteiger partial charge is 0.0823 e. The summed E-state index contributed by atoms with van der Waals surface area (Å²) in [6.45, 7) is 4.47. The van der Waals surface area contributed by atoms with E-state index in [0.717, 1.165) is 5.52 Å². The van der Waals surface area contributed by atoms with Gasteiger partial charge in [0.05, 0.1) is 22.1 Å². The molecule has 4 aromatic carbocycles. The molecule has 0 spiro atoms. The van der Waals surface area contributed by atoms with E-state index in [1.54, 1.807) is 0 Å². The summed E-state index contributed by atoms with van der Waals surface area (Å²) in [5.41, 5.74) is 7.55. The van der Waals surface area contributed by atoms with Gasteiger partial charge in [-0.05, 0) is 65.4 Å². The zero-order valence-corrected chi connectivity index (χ0v) is 16.3. The molecule has 0 aliphatic heterocycles. The Morgan fingerprint density at radius 1 is 0.690 bits per heavy atom. The Bertz CT molecular complexity index is 1770. The first-order chi connectivity index (χ1) is 14.2. The molecular weight excluding hydrogens is 352 g/mol. The van der Waals surface area contributed by atoms with Gasteiger partial charge in [-0.1, -0.05) is 42.5 Å². The van der Waals surface area contributed by atoms with Crippen molar-refractivity contribution in [1.29, 1.82) is 0 Å². The molecule has 2 heteroatoms. The Morgan fingerprint density at radius 2 is 1.48 bits per heavy atom. The second-order valence-corrected chi connectivity index (χ2v) is 8.14. The van der Waals surface area contributed by atoms with Crippen molar-refractivity contribution in [2.24, 2.45) is 0 Å². The summed E-state index contributed by atoms with van der Waals surface area (Å²) in [5.74, 6) is 0. The molecule has 0 fully saturated rings. The Morgan fingerprint density at radius 3 is 2.38 bits per heavy atom. The maximum atomic E-state index is 4.91. The third-order valence-electron chi connectivity index (χ3n) is 6.64. The molecule has 0 radical (unpaired) electrons. The van der Waals surface area contributed by atoms with E-state index in [1.165, 1.54) is 65.4 Å². The van der Waals surface area contributed by atoms with Crippen LogP contribution in [-0.4, -0.2) is 9.38 Å². The molecule has 0 unspecified atom stereocenters. The molecule has 7 aromatic rings. The van der Waals surface area contributed by atoms with E-state index < -0.39 is 0 Å². The summed E-state index contributed by atoms with van der Waals surface area (Å²) in [4.78, 5) is 4.91. The van der Waals surface area contributed by atoms with Gasteiger partial charge < -0.3 is 4.40 Å². The quantitative estimate of drug-likeness (QED) is 0.205. The molecule has 0 saturated heterocycles. The van der Waals surface area contributed by atoms with Gasteiger partial charge in [-0.3, -0.25) is 4.98 Å². The molecule has 29 heavy (non-hydrogen) atoms. The first kappa shape index (κ1) is 15.3. The predicted octanol–water partition coefficient (Wildman–Crippen LogP) is 7.15. The summed E-state index contributed by atoms with van der Waals surface area (Å²) >= 11 is 0. The molecule has 0 aliphatic rings. The summed E-state index contributed by atoms with van der Waals surface area (Å²) in [7, 11) is 0. The van der Waals surface area contributed by atoms with Crippen LogP contribution in [0.15, 0.2) is 72.9 Å². The summed E-state index contributed by atoms with van der Waals surface area (Å²) < 4.78 is 2.48. The van der Waals surface area contributed by atoms with Crippen molar-refractivity contribution < 1.29 is 0 Å². The van der Waals surface area contributed by atoms with E-state index >= 15 is 0 Å². The van der Waals surface area contributed by atoms with Crippen molar-refractivity contribution in [3.8, 4) is 0 Å². The molecule has 0 N–H and O–H groups in total. The molecule has 136 valence electrons. The maximum Gasteiger partial charge on any atom is 0.0823 e. The van der Waals surface area contributed by atoms with Crippen LogP contribution in [0, 0.1) is 13.8 Å². The number of rotatable bonds is 0. The molecule has 3 heterocycles. The fraction of sp³-hybridized carbons (Fsp3) is 0.0741. The molecule has 3 aromatic heterocycles. The maximum absolute atomic E-state index is 4.91. The van der Waals surface area contributed by atoms with Gasteiger partial charge in [0.25, 0.3) is 0 Å². The summed E-state index contributed by atoms with van der Waals surface area (Å²) in [6, 6.07) is 24.3. The zero-order chi connectivity index (χ0) is 19.3. The number of para-hydroxylation sites is 1. The minimum atomic E-state index is 1.11. The Hall–Kier alpha value is -3.65. The van der Waals surface area contributed by atoms with Crippen molar-refractivity contribution in [3.63, 3.8) is 0 Å². The first-order valence-electron chi connectivity index (χ1n) is 10.1. The number of benzene rings is 4. The average molecular weight is 370 g/mol. The van der Waals surface area contributed by atoms with Gasteiger partial charge in [0.1, 0.15) is 0 Å². The van der Waals surface area contributed by atoms with E-state index in [2.05, 4.69) is 85.0 Å². The second kappa shape index (κ2) is 5.03. The van der Waals surface area contributed by atoms with Crippen LogP contribution in [0.5, 0.6) is 0 Å². The number of aryl methyl sites for hydroxylation is 2. The molecular formula is C27H18N2. The number of nitrogens with zero attached hydrogens (tertiary/aromatic N) is 2. The Kier molecular flexibility index (Phi) is 2.66. The number of hydrogen-bond donors (Lipinski definition) is 0. The van der Waals surface area contributed by atoms with E-state index in [-0.39, 0.29) is 0 Å². The lowest BCUT2D eigenvalue weighted by atomic mass is 9.95. The predicted molar refractivity (Wildman–Crippen MR) is 123 cm³/mol. The number of fused-ring (bicyclic) bond motifs is 7. The third kappa shape index (κ3) is 1.71. The third-order valence-corrected chi connectivity index (χ3v) is 6.64. The molecule has 0 atom stereocenters. The largest absolute Gasteiger partial charge is 0.308 e. The van der Waals surface area contributed by atoms with E-state index in [4.69, 9.17) is 4.98 Å². The molecule has 7 rings (SSSR count). The Balaban J connectivity index is 1.99. The first-order valence-corrected chi connectivity index (χ1v) is 10.1. The van der Waals surface area contributed by atoms with Crippen molar-refractivity contribution in [2.75, 3.05) is 0 Å². The lowest BCUT2D eigenvalue weighted by Crippen LogP contribution is -1.97. The minimum Gasteiger partial charge on any atom is -0.308 e. The normalized spacial score (nSPS) is 12.5. The van der Waals surface area contributed by atoms with E-state index in [9.17, 15) is 0 Å². The van der Waals surface area contributed by atoms with Crippen molar-refractivity contribution in [1.82, 2.24) is 9.38 Å². The van der Waals surface area contributed by atoms with Crippen LogP contribution in [0.1, 0.15) is 11.1 Å². The number of aromatic nitrogens is 2. The van der Waals surface area contributed by atoms with Crippen LogP contribution in [0.4, 0.5) is 0 Å². The van der Waals surface area contributed by atoms with Gasteiger partial charge >= 0.3 is 0 Å². The van der Waals surface area contributed by atoms with Gasteiger partial charge in [-0.25, -0.2) is 0 Å². The van der Waals surface area contributed by atoms with Crippen molar-refractivity contribution in [2.45, 2.75) is 13.8 Å². The highest BCUT2D eigenvalue weighted by atomic mass is 14.9. The van der Waals surface area contributed by atoms with Crippen LogP contribution in [0.3, 0.4) is 0 Å². The average Bonchev–Trinajstić information content (AvgIpc) is 3.08. The molecule has 0 bridgehead atoms. The topological polar surface area (TPSA) is 17.3 Å². The summed E-state index contributed by atoms with van der Waals surface area (Å²) in [5, 5.41) is 9.00. The highest BCUT2D eigenvalue weighted by molar-refractivity contribution is 6.29. The highest BCUT2D eigenvalue weighted by Crippen LogP contribution is 2.43. The van der Waals surface area contributed by atoms with Crippen LogP contribution in [0.2, 0.25) is 0 Å². The zero-order valence-electron chi connectivity index (χ0n) is 16.3. The van der Waals surface area contributed by atoms with Crippen LogP contribution >= 0.6 is 0 Å². The van der Waals surface area contributed by atoms with Crippen molar-refractivity contribution >= 4 is 59.8 Å². The highest BCUT2D eigenvalue weighted by Gasteiger charge is 2.21. The molecule has 0 amide bonds. The molecule has 0 saturated carbocycles. The SMILES string of the molecule is Cc1cc2c3ccccc3n3c4c(C)c5ccccc5cc4c4nccc1c4c23. The fourth-order valence-corrected chi connectivity index (χ4v) is 5.40. The summed E-state index contributed by atoms with van der Waals surface area (Å²) in [6.07, 6.45) is 1.96. The van der Waals surface area contributed by atoms with Gasteiger partial charge in [0.2, 0.25) is 0 Å². The van der Waals surface area contributed by atoms with Gasteiger partial charge in [-0.15, -0.1) is 0 Å². The number of hydrogen-bond acceptors (Lipinski definition) is 1. The molecule has 2 nitrogen and oxygen atoms in total. The van der Waals surface area contributed by atoms with Gasteiger partial charge in [0.15, 0.2) is 0 Å². The lowest BCUT2D eigenvalue weighted by molar-refractivity contribution is 1.31. The fourth-order valence-electron chi connectivity index (χ4n) is 5.40. The van der Waals surface area contributed by atoms with Crippen LogP contribution in [0.25, 0.3) is 59.8 Å². The van der Waals surface area contributed by atoms with Gasteiger partial charge in [0, 0.05) is 27.7 Å².